The number of hydrogen-bond acceptors (Lipinski definition) is 5. The standard InChI is InChI=1S/C23H18N2O5/c26-20(13-14-23(29)30-25-21(27)11-12-22(25)28)24-15-18-7-2-1-5-16(18)9-10-17-6-3-4-8-19(17)24/h1-8,11-12,27-28H,13-15H2. The average molecular weight is 402 g/mol. The van der Waals surface area contributed by atoms with Gasteiger partial charge >= 0.3 is 5.97 Å². The van der Waals surface area contributed by atoms with E-state index in [1.165, 1.54) is 12.1 Å². The van der Waals surface area contributed by atoms with Crippen LogP contribution in [0.5, 0.6) is 11.8 Å². The maximum Gasteiger partial charge on any atom is 0.333 e. The number of amides is 1. The number of aromatic nitrogens is 1. The van der Waals surface area contributed by atoms with Crippen LogP contribution >= 0.6 is 0 Å². The first-order valence-corrected chi connectivity index (χ1v) is 9.33. The number of nitrogens with zero attached hydrogens (tertiary/aromatic N) is 2. The summed E-state index contributed by atoms with van der Waals surface area (Å²) in [5.74, 6) is 4.42. The Labute approximate surface area is 172 Å². The lowest BCUT2D eigenvalue weighted by Crippen LogP contribution is -2.32. The van der Waals surface area contributed by atoms with Gasteiger partial charge in [0, 0.05) is 29.7 Å². The fourth-order valence-corrected chi connectivity index (χ4v) is 3.19. The molecule has 3 aromatic rings. The molecule has 7 heteroatoms. The van der Waals surface area contributed by atoms with Gasteiger partial charge in [0.25, 0.3) is 0 Å². The van der Waals surface area contributed by atoms with Crippen molar-refractivity contribution < 1.29 is 24.6 Å². The normalized spacial score (nSPS) is 11.9. The molecule has 2 aromatic carbocycles. The highest BCUT2D eigenvalue weighted by Gasteiger charge is 2.22. The summed E-state index contributed by atoms with van der Waals surface area (Å²) in [5, 5.41) is 19.1. The Hall–Kier alpha value is -4.18. The molecule has 7 nitrogen and oxygen atoms in total. The van der Waals surface area contributed by atoms with Crippen LogP contribution in [0.2, 0.25) is 0 Å². The van der Waals surface area contributed by atoms with Gasteiger partial charge in [0.1, 0.15) is 0 Å². The van der Waals surface area contributed by atoms with Crippen molar-refractivity contribution in [3.63, 3.8) is 0 Å². The Bertz CT molecular complexity index is 1170. The van der Waals surface area contributed by atoms with Gasteiger partial charge in [0.05, 0.1) is 18.7 Å². The third-order valence-corrected chi connectivity index (χ3v) is 4.71. The van der Waals surface area contributed by atoms with Crippen molar-refractivity contribution in [1.82, 2.24) is 4.73 Å². The number of aromatic hydroxyl groups is 2. The van der Waals surface area contributed by atoms with Crippen LogP contribution in [0.25, 0.3) is 0 Å². The van der Waals surface area contributed by atoms with Crippen LogP contribution in [-0.2, 0) is 16.1 Å². The molecule has 0 saturated carbocycles. The molecule has 0 spiro atoms. The largest absolute Gasteiger partial charge is 0.492 e. The van der Waals surface area contributed by atoms with Crippen molar-refractivity contribution in [1.29, 1.82) is 0 Å². The molecular weight excluding hydrogens is 384 g/mol. The number of para-hydroxylation sites is 1. The maximum atomic E-state index is 13.0. The molecule has 150 valence electrons. The second-order valence-electron chi connectivity index (χ2n) is 6.71. The molecule has 0 atom stereocenters. The summed E-state index contributed by atoms with van der Waals surface area (Å²) in [6, 6.07) is 17.4. The molecule has 1 aliphatic rings. The van der Waals surface area contributed by atoms with Crippen LogP contribution in [0.3, 0.4) is 0 Å². The van der Waals surface area contributed by atoms with Crippen LogP contribution in [0.4, 0.5) is 5.69 Å². The van der Waals surface area contributed by atoms with Crippen LogP contribution in [-0.4, -0.2) is 26.8 Å². The van der Waals surface area contributed by atoms with Gasteiger partial charge in [-0.1, -0.05) is 42.2 Å². The van der Waals surface area contributed by atoms with E-state index in [-0.39, 0.29) is 18.7 Å². The van der Waals surface area contributed by atoms with E-state index in [4.69, 9.17) is 4.84 Å². The zero-order valence-electron chi connectivity index (χ0n) is 15.9. The predicted molar refractivity (Wildman–Crippen MR) is 109 cm³/mol. The topological polar surface area (TPSA) is 92.0 Å². The van der Waals surface area contributed by atoms with Gasteiger partial charge in [-0.2, -0.15) is 0 Å². The highest BCUT2D eigenvalue weighted by Crippen LogP contribution is 2.26. The average Bonchev–Trinajstić information content (AvgIpc) is 3.05. The molecule has 0 fully saturated rings. The van der Waals surface area contributed by atoms with Crippen LogP contribution in [0.1, 0.15) is 29.5 Å². The SMILES string of the molecule is O=C(CCC(=O)N1Cc2ccccc2C#Cc2ccccc21)On1c(O)ccc1O. The summed E-state index contributed by atoms with van der Waals surface area (Å²) in [4.78, 5) is 31.7. The van der Waals surface area contributed by atoms with Crippen molar-refractivity contribution in [3.05, 3.63) is 77.4 Å². The second kappa shape index (κ2) is 8.05. The zero-order chi connectivity index (χ0) is 21.1. The van der Waals surface area contributed by atoms with Crippen LogP contribution in [0.15, 0.2) is 60.7 Å². The number of fused-ring (bicyclic) bond motifs is 2. The Morgan fingerprint density at radius 1 is 0.867 bits per heavy atom. The molecule has 0 bridgehead atoms. The molecule has 1 aliphatic heterocycles. The fourth-order valence-electron chi connectivity index (χ4n) is 3.19. The van der Waals surface area contributed by atoms with Gasteiger partial charge in [-0.3, -0.25) is 4.79 Å². The molecule has 1 aromatic heterocycles. The van der Waals surface area contributed by atoms with Crippen molar-refractivity contribution >= 4 is 17.6 Å². The summed E-state index contributed by atoms with van der Waals surface area (Å²) in [6.45, 7) is 0.328. The summed E-state index contributed by atoms with van der Waals surface area (Å²) in [6.07, 6.45) is -0.326. The van der Waals surface area contributed by atoms with Gasteiger partial charge < -0.3 is 20.0 Å². The smallest absolute Gasteiger partial charge is 0.333 e. The van der Waals surface area contributed by atoms with E-state index in [1.54, 1.807) is 4.90 Å². The minimum atomic E-state index is -0.759. The summed E-state index contributed by atoms with van der Waals surface area (Å²) in [7, 11) is 0. The van der Waals surface area contributed by atoms with E-state index in [2.05, 4.69) is 11.8 Å². The Balaban J connectivity index is 1.53. The van der Waals surface area contributed by atoms with E-state index in [0.717, 1.165) is 16.7 Å². The molecule has 2 N–H and O–H groups in total. The summed E-state index contributed by atoms with van der Waals surface area (Å²) in [5.41, 5.74) is 3.17. The fraction of sp³-hybridized carbons (Fsp3) is 0.130. The minimum Gasteiger partial charge on any atom is -0.492 e. The number of hydrogen-bond donors (Lipinski definition) is 2. The highest BCUT2D eigenvalue weighted by atomic mass is 16.7. The quantitative estimate of drug-likeness (QED) is 0.655. The number of anilines is 1. The molecule has 0 radical (unpaired) electrons. The van der Waals surface area contributed by atoms with E-state index in [0.29, 0.717) is 17.0 Å². The maximum absolute atomic E-state index is 13.0. The van der Waals surface area contributed by atoms with Crippen LogP contribution < -0.4 is 9.74 Å². The molecule has 30 heavy (non-hydrogen) atoms. The van der Waals surface area contributed by atoms with Gasteiger partial charge in [-0.05, 0) is 23.8 Å². The molecule has 2 heterocycles. The zero-order valence-corrected chi connectivity index (χ0v) is 15.9. The Morgan fingerprint density at radius 3 is 2.27 bits per heavy atom. The summed E-state index contributed by atoms with van der Waals surface area (Å²) < 4.78 is 0.601. The van der Waals surface area contributed by atoms with Gasteiger partial charge in [-0.15, -0.1) is 4.73 Å². The van der Waals surface area contributed by atoms with E-state index < -0.39 is 17.7 Å². The molecule has 0 saturated heterocycles. The first-order chi connectivity index (χ1) is 14.5. The highest BCUT2D eigenvalue weighted by molar-refractivity contribution is 5.96. The van der Waals surface area contributed by atoms with Crippen LogP contribution in [0, 0.1) is 11.8 Å². The monoisotopic (exact) mass is 402 g/mol. The Morgan fingerprint density at radius 2 is 1.50 bits per heavy atom. The van der Waals surface area contributed by atoms with Gasteiger partial charge in [0.2, 0.25) is 17.7 Å². The molecule has 0 aliphatic carbocycles. The van der Waals surface area contributed by atoms with E-state index >= 15 is 0 Å². The van der Waals surface area contributed by atoms with Crippen molar-refractivity contribution in [2.45, 2.75) is 19.4 Å². The Kier molecular flexibility index (Phi) is 5.14. The lowest BCUT2D eigenvalue weighted by molar-refractivity contribution is -0.146. The van der Waals surface area contributed by atoms with E-state index in [9.17, 15) is 19.8 Å². The second-order valence-corrected chi connectivity index (χ2v) is 6.71. The number of benzene rings is 2. The van der Waals surface area contributed by atoms with Gasteiger partial charge in [0.15, 0.2) is 0 Å². The van der Waals surface area contributed by atoms with Gasteiger partial charge in [-0.25, -0.2) is 4.79 Å². The third kappa shape index (κ3) is 3.84. The molecule has 1 amide bonds. The van der Waals surface area contributed by atoms with Crippen molar-refractivity contribution in [2.24, 2.45) is 0 Å². The molecule has 0 unspecified atom stereocenters. The number of carbonyl (C=O) groups excluding carboxylic acids is 2. The molecule has 4 rings (SSSR count). The number of carbonyl (C=O) groups is 2. The van der Waals surface area contributed by atoms with Crippen molar-refractivity contribution in [2.75, 3.05) is 4.90 Å². The first kappa shape index (κ1) is 19.2. The lowest BCUT2D eigenvalue weighted by atomic mass is 10.0. The molecular formula is C23H18N2O5. The third-order valence-electron chi connectivity index (χ3n) is 4.71. The van der Waals surface area contributed by atoms with Crippen molar-refractivity contribution in [3.8, 4) is 23.6 Å². The first-order valence-electron chi connectivity index (χ1n) is 9.33. The number of rotatable bonds is 4. The predicted octanol–water partition coefficient (Wildman–Crippen LogP) is 2.58. The lowest BCUT2D eigenvalue weighted by Gasteiger charge is -2.26. The summed E-state index contributed by atoms with van der Waals surface area (Å²) >= 11 is 0. The van der Waals surface area contributed by atoms with E-state index in [1.807, 2.05) is 48.5 Å². The minimum absolute atomic E-state index is 0.106.